The third-order valence-corrected chi connectivity index (χ3v) is 4.09. The number of nitrogens with zero attached hydrogens (tertiary/aromatic N) is 1. The first-order valence-corrected chi connectivity index (χ1v) is 8.80. The van der Waals surface area contributed by atoms with Gasteiger partial charge in [-0.1, -0.05) is 6.07 Å². The van der Waals surface area contributed by atoms with Crippen molar-refractivity contribution in [2.45, 2.75) is 20.0 Å². The lowest BCUT2D eigenvalue weighted by atomic mass is 10.2. The summed E-state index contributed by atoms with van der Waals surface area (Å²) in [6.07, 6.45) is -4.42. The highest BCUT2D eigenvalue weighted by Gasteiger charge is 2.30. The van der Waals surface area contributed by atoms with Gasteiger partial charge in [0.15, 0.2) is 5.11 Å². The van der Waals surface area contributed by atoms with Crippen LogP contribution in [0.5, 0.6) is 0 Å². The summed E-state index contributed by atoms with van der Waals surface area (Å²) in [5.74, 6) is -0.0591. The van der Waals surface area contributed by atoms with E-state index in [4.69, 9.17) is 12.2 Å². The fourth-order valence-electron chi connectivity index (χ4n) is 2.46. The molecule has 4 nitrogen and oxygen atoms in total. The van der Waals surface area contributed by atoms with E-state index < -0.39 is 11.7 Å². The quantitative estimate of drug-likeness (QED) is 0.700. The molecule has 0 saturated heterocycles. The predicted octanol–water partition coefficient (Wildman–Crippen LogP) is 5.00. The highest BCUT2D eigenvalue weighted by atomic mass is 32.1. The zero-order chi connectivity index (χ0) is 20.0. The highest BCUT2D eigenvalue weighted by Crippen LogP contribution is 2.30. The van der Waals surface area contributed by atoms with Crippen LogP contribution in [-0.2, 0) is 6.18 Å². The second-order valence-electron chi connectivity index (χ2n) is 5.71. The molecule has 0 saturated carbocycles. The Labute approximate surface area is 161 Å². The molecule has 2 aromatic carbocycles. The van der Waals surface area contributed by atoms with Crippen molar-refractivity contribution >= 4 is 34.6 Å². The van der Waals surface area contributed by atoms with Crippen LogP contribution in [0.15, 0.2) is 48.5 Å². The summed E-state index contributed by atoms with van der Waals surface area (Å²) in [5, 5.41) is 5.76. The molecule has 0 heterocycles. The van der Waals surface area contributed by atoms with Crippen molar-refractivity contribution in [3.63, 3.8) is 0 Å². The number of amides is 1. The molecule has 2 aromatic rings. The topological polar surface area (TPSA) is 44.4 Å². The van der Waals surface area contributed by atoms with E-state index in [0.717, 1.165) is 12.1 Å². The fourth-order valence-corrected chi connectivity index (χ4v) is 2.69. The van der Waals surface area contributed by atoms with E-state index in [9.17, 15) is 18.0 Å². The summed E-state index contributed by atoms with van der Waals surface area (Å²) in [4.78, 5) is 14.0. The Balaban J connectivity index is 2.01. The van der Waals surface area contributed by atoms with Crippen molar-refractivity contribution in [3.05, 3.63) is 59.7 Å². The number of hydrogen-bond acceptors (Lipinski definition) is 2. The summed E-state index contributed by atoms with van der Waals surface area (Å²) < 4.78 is 38.3. The monoisotopic (exact) mass is 395 g/mol. The van der Waals surface area contributed by atoms with Crippen LogP contribution in [-0.4, -0.2) is 29.0 Å². The zero-order valence-corrected chi connectivity index (χ0v) is 15.7. The lowest BCUT2D eigenvalue weighted by Gasteiger charge is -2.18. The minimum absolute atomic E-state index is 0.0591. The van der Waals surface area contributed by atoms with Crippen LogP contribution >= 0.6 is 12.2 Å². The van der Waals surface area contributed by atoms with Gasteiger partial charge in [-0.05, 0) is 68.5 Å². The molecular weight excluding hydrogens is 375 g/mol. The molecule has 27 heavy (non-hydrogen) atoms. The van der Waals surface area contributed by atoms with Gasteiger partial charge in [-0.2, -0.15) is 13.2 Å². The smallest absolute Gasteiger partial charge is 0.339 e. The number of rotatable bonds is 5. The maximum Gasteiger partial charge on any atom is 0.416 e. The van der Waals surface area contributed by atoms with E-state index in [1.54, 1.807) is 29.2 Å². The second-order valence-corrected chi connectivity index (χ2v) is 6.12. The molecule has 8 heteroatoms. The first-order valence-electron chi connectivity index (χ1n) is 8.39. The van der Waals surface area contributed by atoms with Gasteiger partial charge in [0, 0.05) is 30.0 Å². The molecular formula is C19H20F3N3OS. The van der Waals surface area contributed by atoms with E-state index in [-0.39, 0.29) is 16.7 Å². The van der Waals surface area contributed by atoms with Crippen molar-refractivity contribution in [3.8, 4) is 0 Å². The number of carbonyl (C=O) groups excluding carboxylic acids is 1. The molecule has 144 valence electrons. The zero-order valence-electron chi connectivity index (χ0n) is 14.9. The number of nitrogens with one attached hydrogen (secondary N) is 2. The standard InChI is InChI=1S/C19H20F3N3OS/c1-3-25(4-2)17(26)13-8-10-15(11-9-13)23-18(27)24-16-7-5-6-14(12-16)19(20,21)22/h5-12H,3-4H2,1-2H3,(H2,23,24,27). The van der Waals surface area contributed by atoms with Crippen molar-refractivity contribution < 1.29 is 18.0 Å². The van der Waals surface area contributed by atoms with Gasteiger partial charge in [0.1, 0.15) is 0 Å². The van der Waals surface area contributed by atoms with Crippen LogP contribution < -0.4 is 10.6 Å². The average molecular weight is 395 g/mol. The Hall–Kier alpha value is -2.61. The summed E-state index contributed by atoms with van der Waals surface area (Å²) in [6.45, 7) is 5.07. The van der Waals surface area contributed by atoms with Gasteiger partial charge in [0.2, 0.25) is 0 Å². The molecule has 0 aliphatic rings. The van der Waals surface area contributed by atoms with E-state index in [2.05, 4.69) is 10.6 Å². The van der Waals surface area contributed by atoms with E-state index in [1.807, 2.05) is 13.8 Å². The predicted molar refractivity (Wildman–Crippen MR) is 105 cm³/mol. The molecule has 0 aromatic heterocycles. The Bertz CT molecular complexity index is 803. The van der Waals surface area contributed by atoms with E-state index >= 15 is 0 Å². The Morgan fingerprint density at radius 1 is 1.00 bits per heavy atom. The summed E-state index contributed by atoms with van der Waals surface area (Å²) >= 11 is 5.14. The van der Waals surface area contributed by atoms with E-state index in [0.29, 0.717) is 24.3 Å². The van der Waals surface area contributed by atoms with Crippen LogP contribution in [0.3, 0.4) is 0 Å². The molecule has 2 rings (SSSR count). The van der Waals surface area contributed by atoms with Gasteiger partial charge in [-0.25, -0.2) is 0 Å². The SMILES string of the molecule is CCN(CC)C(=O)c1ccc(NC(=S)Nc2cccc(C(F)(F)F)c2)cc1. The molecule has 0 unspecified atom stereocenters. The lowest BCUT2D eigenvalue weighted by molar-refractivity contribution is -0.137. The Kier molecular flexibility index (Phi) is 6.79. The minimum Gasteiger partial charge on any atom is -0.339 e. The normalized spacial score (nSPS) is 11.0. The Morgan fingerprint density at radius 3 is 2.15 bits per heavy atom. The van der Waals surface area contributed by atoms with E-state index in [1.165, 1.54) is 12.1 Å². The van der Waals surface area contributed by atoms with Gasteiger partial charge in [0.05, 0.1) is 5.56 Å². The molecule has 0 fully saturated rings. The van der Waals surface area contributed by atoms with Gasteiger partial charge < -0.3 is 15.5 Å². The van der Waals surface area contributed by atoms with Crippen molar-refractivity contribution in [2.75, 3.05) is 23.7 Å². The number of thiocarbonyl (C=S) groups is 1. The molecule has 2 N–H and O–H groups in total. The second kappa shape index (κ2) is 8.85. The maximum absolute atomic E-state index is 12.8. The largest absolute Gasteiger partial charge is 0.416 e. The van der Waals surface area contributed by atoms with Crippen molar-refractivity contribution in [2.24, 2.45) is 0 Å². The van der Waals surface area contributed by atoms with Crippen LogP contribution in [0.4, 0.5) is 24.5 Å². The fraction of sp³-hybridized carbons (Fsp3) is 0.263. The van der Waals surface area contributed by atoms with Gasteiger partial charge >= 0.3 is 6.18 Å². The number of benzene rings is 2. The molecule has 1 amide bonds. The van der Waals surface area contributed by atoms with Crippen LogP contribution in [0.2, 0.25) is 0 Å². The van der Waals surface area contributed by atoms with Crippen LogP contribution in [0, 0.1) is 0 Å². The average Bonchev–Trinajstić information content (AvgIpc) is 2.62. The molecule has 0 aliphatic heterocycles. The molecule has 0 spiro atoms. The first-order chi connectivity index (χ1) is 12.7. The Morgan fingerprint density at radius 2 is 1.59 bits per heavy atom. The number of anilines is 2. The molecule has 0 bridgehead atoms. The molecule has 0 radical (unpaired) electrons. The summed E-state index contributed by atoms with van der Waals surface area (Å²) in [6, 6.07) is 11.5. The number of alkyl halides is 3. The molecule has 0 atom stereocenters. The third-order valence-electron chi connectivity index (χ3n) is 3.89. The first kappa shape index (κ1) is 20.7. The van der Waals surface area contributed by atoms with Gasteiger partial charge in [-0.3, -0.25) is 4.79 Å². The summed E-state index contributed by atoms with van der Waals surface area (Å²) in [7, 11) is 0. The van der Waals surface area contributed by atoms with Crippen molar-refractivity contribution in [1.29, 1.82) is 0 Å². The lowest BCUT2D eigenvalue weighted by Crippen LogP contribution is -2.30. The number of carbonyl (C=O) groups is 1. The van der Waals surface area contributed by atoms with Gasteiger partial charge in [0.25, 0.3) is 5.91 Å². The number of halogens is 3. The highest BCUT2D eigenvalue weighted by molar-refractivity contribution is 7.80. The maximum atomic E-state index is 12.8. The van der Waals surface area contributed by atoms with Crippen molar-refractivity contribution in [1.82, 2.24) is 4.90 Å². The number of hydrogen-bond donors (Lipinski definition) is 2. The third kappa shape index (κ3) is 5.68. The van der Waals surface area contributed by atoms with Crippen LogP contribution in [0.1, 0.15) is 29.8 Å². The van der Waals surface area contributed by atoms with Gasteiger partial charge in [-0.15, -0.1) is 0 Å². The minimum atomic E-state index is -4.42. The summed E-state index contributed by atoms with van der Waals surface area (Å²) in [5.41, 5.74) is 0.654. The van der Waals surface area contributed by atoms with Crippen LogP contribution in [0.25, 0.3) is 0 Å². The molecule has 0 aliphatic carbocycles.